The summed E-state index contributed by atoms with van der Waals surface area (Å²) < 4.78 is 46.4. The van der Waals surface area contributed by atoms with E-state index >= 15 is 0 Å². The van der Waals surface area contributed by atoms with E-state index in [1.165, 1.54) is 24.7 Å². The van der Waals surface area contributed by atoms with E-state index in [0.29, 0.717) is 5.75 Å². The maximum Gasteiger partial charge on any atom is 0.265 e. The number of rotatable bonds is 6. The number of aromatic nitrogens is 2. The Hall–Kier alpha value is -2.71. The fourth-order valence-corrected chi connectivity index (χ4v) is 4.28. The van der Waals surface area contributed by atoms with E-state index in [4.69, 9.17) is 16.3 Å². The monoisotopic (exact) mass is 421 g/mol. The lowest BCUT2D eigenvalue weighted by Crippen LogP contribution is -2.31. The summed E-state index contributed by atoms with van der Waals surface area (Å²) in [6.07, 6.45) is 2.71. The lowest BCUT2D eigenvalue weighted by atomic mass is 10.1. The van der Waals surface area contributed by atoms with Crippen molar-refractivity contribution in [1.82, 2.24) is 9.97 Å². The van der Waals surface area contributed by atoms with Crippen LogP contribution in [-0.4, -0.2) is 25.5 Å². The topological polar surface area (TPSA) is 72.4 Å². The lowest BCUT2D eigenvalue weighted by Gasteiger charge is -2.24. The van der Waals surface area contributed by atoms with Crippen molar-refractivity contribution in [2.45, 2.75) is 18.4 Å². The molecule has 146 valence electrons. The molecule has 0 fully saturated rings. The van der Waals surface area contributed by atoms with Gasteiger partial charge in [0, 0.05) is 12.3 Å². The van der Waals surface area contributed by atoms with Gasteiger partial charge in [0.2, 0.25) is 0 Å². The van der Waals surface area contributed by atoms with E-state index in [-0.39, 0.29) is 22.3 Å². The number of hydrogen-bond donors (Lipinski definition) is 0. The maximum absolute atomic E-state index is 13.5. The van der Waals surface area contributed by atoms with Gasteiger partial charge in [-0.2, -0.15) is 0 Å². The zero-order valence-corrected chi connectivity index (χ0v) is 16.7. The van der Waals surface area contributed by atoms with Gasteiger partial charge in [0.25, 0.3) is 10.0 Å². The summed E-state index contributed by atoms with van der Waals surface area (Å²) in [5.41, 5.74) is 1.61. The normalized spacial score (nSPS) is 11.3. The SMILES string of the molecule is COc1ccc(CN(c2ccncn2)S(=O)(=O)c2ccc(F)c(Cl)c2)c(C)c1. The number of nitrogens with zero attached hydrogens (tertiary/aromatic N) is 3. The predicted molar refractivity (Wildman–Crippen MR) is 105 cm³/mol. The fraction of sp³-hybridized carbons (Fsp3) is 0.158. The Balaban J connectivity index is 2.08. The van der Waals surface area contributed by atoms with Gasteiger partial charge in [0.15, 0.2) is 0 Å². The molecule has 0 aliphatic rings. The minimum atomic E-state index is -4.06. The average molecular weight is 422 g/mol. The average Bonchev–Trinajstić information content (AvgIpc) is 2.69. The number of hydrogen-bond acceptors (Lipinski definition) is 5. The molecule has 3 aromatic rings. The number of anilines is 1. The van der Waals surface area contributed by atoms with E-state index in [1.54, 1.807) is 19.2 Å². The van der Waals surface area contributed by atoms with E-state index in [9.17, 15) is 12.8 Å². The lowest BCUT2D eigenvalue weighted by molar-refractivity contribution is 0.414. The molecule has 1 aromatic heterocycles. The van der Waals surface area contributed by atoms with Crippen molar-refractivity contribution in [3.8, 4) is 5.75 Å². The van der Waals surface area contributed by atoms with Crippen molar-refractivity contribution in [2.24, 2.45) is 0 Å². The van der Waals surface area contributed by atoms with E-state index < -0.39 is 15.8 Å². The first-order chi connectivity index (χ1) is 13.3. The van der Waals surface area contributed by atoms with E-state index in [2.05, 4.69) is 9.97 Å². The molecule has 6 nitrogen and oxygen atoms in total. The van der Waals surface area contributed by atoms with Gasteiger partial charge in [-0.3, -0.25) is 0 Å². The van der Waals surface area contributed by atoms with Gasteiger partial charge in [-0.15, -0.1) is 0 Å². The summed E-state index contributed by atoms with van der Waals surface area (Å²) in [7, 11) is -2.50. The number of aryl methyl sites for hydroxylation is 1. The molecule has 0 unspecified atom stereocenters. The third kappa shape index (κ3) is 4.07. The molecule has 0 saturated heterocycles. The van der Waals surface area contributed by atoms with Crippen LogP contribution in [0, 0.1) is 12.7 Å². The predicted octanol–water partition coefficient (Wildman–Crippen LogP) is 3.98. The number of benzene rings is 2. The van der Waals surface area contributed by atoms with Crippen molar-refractivity contribution in [3.05, 3.63) is 77.0 Å². The van der Waals surface area contributed by atoms with E-state index in [0.717, 1.165) is 27.6 Å². The second kappa shape index (κ2) is 8.12. The third-order valence-electron chi connectivity index (χ3n) is 4.16. The fourth-order valence-electron chi connectivity index (χ4n) is 2.61. The first-order valence-electron chi connectivity index (χ1n) is 8.20. The van der Waals surface area contributed by atoms with Crippen molar-refractivity contribution in [1.29, 1.82) is 0 Å². The minimum Gasteiger partial charge on any atom is -0.497 e. The Kier molecular flexibility index (Phi) is 5.81. The standard InChI is InChI=1S/C19H17ClFN3O3S/c1-13-9-15(27-2)4-3-14(13)11-24(19-7-8-22-12-23-19)28(25,26)16-5-6-18(21)17(20)10-16/h3-10,12H,11H2,1-2H3. The van der Waals surface area contributed by atoms with Crippen LogP contribution in [-0.2, 0) is 16.6 Å². The molecule has 0 aliphatic carbocycles. The van der Waals surface area contributed by atoms with Crippen LogP contribution in [0.25, 0.3) is 0 Å². The van der Waals surface area contributed by atoms with Crippen molar-refractivity contribution < 1.29 is 17.5 Å². The van der Waals surface area contributed by atoms with Gasteiger partial charge in [-0.1, -0.05) is 17.7 Å². The van der Waals surface area contributed by atoms with E-state index in [1.807, 2.05) is 13.0 Å². The smallest absolute Gasteiger partial charge is 0.265 e. The van der Waals surface area contributed by atoms with Crippen LogP contribution in [0.2, 0.25) is 5.02 Å². The molecular formula is C19H17ClFN3O3S. The summed E-state index contributed by atoms with van der Waals surface area (Å²) in [4.78, 5) is 7.77. The second-order valence-corrected chi connectivity index (χ2v) is 8.22. The van der Waals surface area contributed by atoms with Crippen LogP contribution in [0.4, 0.5) is 10.2 Å². The minimum absolute atomic E-state index is 0.0180. The van der Waals surface area contributed by atoms with Crippen LogP contribution in [0.1, 0.15) is 11.1 Å². The molecule has 0 amide bonds. The Bertz CT molecular complexity index is 1090. The van der Waals surface area contributed by atoms with Crippen LogP contribution in [0.3, 0.4) is 0 Å². The molecule has 28 heavy (non-hydrogen) atoms. The molecule has 3 rings (SSSR count). The van der Waals surface area contributed by atoms with Gasteiger partial charge in [0.1, 0.15) is 23.7 Å². The Morgan fingerprint density at radius 2 is 1.96 bits per heavy atom. The van der Waals surface area contributed by atoms with Crippen molar-refractivity contribution >= 4 is 27.4 Å². The number of sulfonamides is 1. The van der Waals surface area contributed by atoms with Gasteiger partial charge >= 0.3 is 0 Å². The molecule has 0 atom stereocenters. The van der Waals surface area contributed by atoms with Crippen LogP contribution in [0.5, 0.6) is 5.75 Å². The van der Waals surface area contributed by atoms with Gasteiger partial charge in [-0.05, 0) is 48.4 Å². The maximum atomic E-state index is 13.5. The first-order valence-corrected chi connectivity index (χ1v) is 10.0. The van der Waals surface area contributed by atoms with Crippen molar-refractivity contribution in [2.75, 3.05) is 11.4 Å². The number of halogens is 2. The summed E-state index contributed by atoms with van der Waals surface area (Å²) in [5, 5.41) is -0.274. The van der Waals surface area contributed by atoms with Crippen LogP contribution >= 0.6 is 11.6 Å². The Morgan fingerprint density at radius 1 is 1.18 bits per heavy atom. The molecule has 2 aromatic carbocycles. The molecule has 0 aliphatic heterocycles. The zero-order valence-electron chi connectivity index (χ0n) is 15.1. The summed E-state index contributed by atoms with van der Waals surface area (Å²) in [6.45, 7) is 1.88. The second-order valence-electron chi connectivity index (χ2n) is 5.95. The molecule has 0 saturated carbocycles. The quantitative estimate of drug-likeness (QED) is 0.602. The Morgan fingerprint density at radius 3 is 2.57 bits per heavy atom. The summed E-state index contributed by atoms with van der Waals surface area (Å²) >= 11 is 5.79. The molecular weight excluding hydrogens is 405 g/mol. The highest BCUT2D eigenvalue weighted by Crippen LogP contribution is 2.28. The highest BCUT2D eigenvalue weighted by atomic mass is 35.5. The highest BCUT2D eigenvalue weighted by Gasteiger charge is 2.27. The molecule has 0 bridgehead atoms. The number of ether oxygens (including phenoxy) is 1. The first kappa shape index (κ1) is 20.0. The highest BCUT2D eigenvalue weighted by molar-refractivity contribution is 7.92. The Labute approximate surface area is 167 Å². The third-order valence-corrected chi connectivity index (χ3v) is 6.20. The molecule has 0 spiro atoms. The molecule has 1 heterocycles. The molecule has 0 radical (unpaired) electrons. The van der Waals surface area contributed by atoms with Crippen molar-refractivity contribution in [3.63, 3.8) is 0 Å². The van der Waals surface area contributed by atoms with Crippen LogP contribution < -0.4 is 9.04 Å². The van der Waals surface area contributed by atoms with Gasteiger partial charge < -0.3 is 4.74 Å². The van der Waals surface area contributed by atoms with Gasteiger partial charge in [-0.25, -0.2) is 27.1 Å². The summed E-state index contributed by atoms with van der Waals surface area (Å²) in [6, 6.07) is 10.1. The molecule has 9 heteroatoms. The largest absolute Gasteiger partial charge is 0.497 e. The van der Waals surface area contributed by atoms with Crippen LogP contribution in [0.15, 0.2) is 59.9 Å². The zero-order chi connectivity index (χ0) is 20.3. The summed E-state index contributed by atoms with van der Waals surface area (Å²) in [5.74, 6) is 0.161. The molecule has 0 N–H and O–H groups in total. The number of methoxy groups -OCH3 is 1. The van der Waals surface area contributed by atoms with Gasteiger partial charge in [0.05, 0.1) is 23.6 Å².